The van der Waals surface area contributed by atoms with Gasteiger partial charge in [0, 0.05) is 0 Å². The Morgan fingerprint density at radius 1 is 1.32 bits per heavy atom. The predicted molar refractivity (Wildman–Crippen MR) is 104 cm³/mol. The molecule has 1 aliphatic rings. The number of nitrogens with zero attached hydrogens (tertiary/aromatic N) is 1. The largest absolute Gasteiger partial charge is 0.503 e. The van der Waals surface area contributed by atoms with Crippen molar-refractivity contribution in [3.8, 4) is 11.5 Å². The van der Waals surface area contributed by atoms with Crippen LogP contribution in [-0.4, -0.2) is 22.8 Å². The topological polar surface area (TPSA) is 70.9 Å². The van der Waals surface area contributed by atoms with Gasteiger partial charge in [-0.25, -0.2) is 4.99 Å². The van der Waals surface area contributed by atoms with E-state index in [9.17, 15) is 9.90 Å². The maximum atomic E-state index is 12.2. The average molecular weight is 419 g/mol. The van der Waals surface area contributed by atoms with Crippen LogP contribution in [0.1, 0.15) is 12.5 Å². The summed E-state index contributed by atoms with van der Waals surface area (Å²) >= 11 is 4.57. The normalized spacial score (nSPS) is 17.1. The fraction of sp³-hybridized carbons (Fsp3) is 0.111. The summed E-state index contributed by atoms with van der Waals surface area (Å²) in [6.45, 7) is 2.27. The average Bonchev–Trinajstić information content (AvgIpc) is 2.92. The number of phenolic OH excluding ortho intramolecular Hbond substituents is 1. The van der Waals surface area contributed by atoms with Crippen molar-refractivity contribution in [1.82, 2.24) is 5.32 Å². The summed E-state index contributed by atoms with van der Waals surface area (Å²) in [6, 6.07) is 12.8. The van der Waals surface area contributed by atoms with Crippen molar-refractivity contribution in [2.45, 2.75) is 6.92 Å². The van der Waals surface area contributed by atoms with Gasteiger partial charge in [-0.1, -0.05) is 18.2 Å². The van der Waals surface area contributed by atoms with Crippen molar-refractivity contribution in [3.05, 3.63) is 57.4 Å². The summed E-state index contributed by atoms with van der Waals surface area (Å²) < 4.78 is 5.92. The number of ether oxygens (including phenoxy) is 1. The number of carbonyl (C=O) groups is 1. The molecule has 0 radical (unpaired) electrons. The number of rotatable bonds is 4. The van der Waals surface area contributed by atoms with Crippen molar-refractivity contribution in [1.29, 1.82) is 0 Å². The number of hydrogen-bond acceptors (Lipinski definition) is 5. The number of para-hydroxylation sites is 1. The molecule has 0 aliphatic carbocycles. The van der Waals surface area contributed by atoms with Crippen LogP contribution in [0.2, 0.25) is 0 Å². The second-order valence-electron chi connectivity index (χ2n) is 5.10. The molecule has 0 atom stereocenters. The molecule has 0 spiro atoms. The van der Waals surface area contributed by atoms with Crippen molar-refractivity contribution in [2.75, 3.05) is 6.61 Å². The number of benzene rings is 2. The molecule has 2 aromatic rings. The van der Waals surface area contributed by atoms with Crippen LogP contribution in [-0.2, 0) is 4.79 Å². The fourth-order valence-electron chi connectivity index (χ4n) is 2.19. The third-order valence-electron chi connectivity index (χ3n) is 3.29. The summed E-state index contributed by atoms with van der Waals surface area (Å²) in [7, 11) is 0. The van der Waals surface area contributed by atoms with E-state index >= 15 is 0 Å². The second kappa shape index (κ2) is 7.76. The first kappa shape index (κ1) is 17.6. The summed E-state index contributed by atoms with van der Waals surface area (Å²) in [5.41, 5.74) is 1.52. The molecule has 0 saturated carbocycles. The Bertz CT molecular complexity index is 866. The summed E-state index contributed by atoms with van der Waals surface area (Å²) in [6.07, 6.45) is 1.74. The van der Waals surface area contributed by atoms with E-state index in [2.05, 4.69) is 26.2 Å². The van der Waals surface area contributed by atoms with Crippen LogP contribution in [0, 0.1) is 0 Å². The third kappa shape index (κ3) is 4.24. The lowest BCUT2D eigenvalue weighted by Crippen LogP contribution is -2.19. The standard InChI is InChI=1S/C18H15BrN2O3S/c1-2-24-14-9-11(8-13(19)16(14)22)10-15-17(23)21-18(25-15)20-12-6-4-3-5-7-12/h3-10,22H,2H2,1H3,(H,20,21,23). The van der Waals surface area contributed by atoms with Crippen molar-refractivity contribution in [2.24, 2.45) is 4.99 Å². The molecule has 2 aromatic carbocycles. The van der Waals surface area contributed by atoms with Gasteiger partial charge in [0.15, 0.2) is 16.7 Å². The molecule has 1 fully saturated rings. The predicted octanol–water partition coefficient (Wildman–Crippen LogP) is 4.45. The molecule has 0 bridgehead atoms. The van der Waals surface area contributed by atoms with E-state index in [1.807, 2.05) is 37.3 Å². The third-order valence-corrected chi connectivity index (χ3v) is 4.80. The Morgan fingerprint density at radius 3 is 2.80 bits per heavy atom. The molecule has 0 unspecified atom stereocenters. The zero-order valence-corrected chi connectivity index (χ0v) is 15.7. The number of aromatic hydroxyl groups is 1. The number of amides is 1. The van der Waals surface area contributed by atoms with Gasteiger partial charge in [0.2, 0.25) is 0 Å². The highest BCUT2D eigenvalue weighted by molar-refractivity contribution is 9.10. The SMILES string of the molecule is CCOc1cc(C=C2SC(=Nc3ccccc3)NC2=O)cc(Br)c1O. The van der Waals surface area contributed by atoms with E-state index in [1.165, 1.54) is 11.8 Å². The zero-order valence-electron chi connectivity index (χ0n) is 13.3. The molecule has 128 valence electrons. The molecular weight excluding hydrogens is 404 g/mol. The Labute approximate surface area is 157 Å². The first-order valence-corrected chi connectivity index (χ1v) is 9.17. The zero-order chi connectivity index (χ0) is 17.8. The molecule has 1 aliphatic heterocycles. The van der Waals surface area contributed by atoms with Gasteiger partial charge in [0.05, 0.1) is 21.7 Å². The minimum Gasteiger partial charge on any atom is -0.503 e. The molecule has 2 N–H and O–H groups in total. The number of aliphatic imine (C=N–C) groups is 1. The number of carbonyl (C=O) groups excluding carboxylic acids is 1. The smallest absolute Gasteiger partial charge is 0.264 e. The van der Waals surface area contributed by atoms with Gasteiger partial charge in [-0.3, -0.25) is 4.79 Å². The van der Waals surface area contributed by atoms with Gasteiger partial charge in [0.25, 0.3) is 5.91 Å². The summed E-state index contributed by atoms with van der Waals surface area (Å²) in [5, 5.41) is 13.3. The number of thioether (sulfide) groups is 1. The molecule has 0 aromatic heterocycles. The Hall–Kier alpha value is -2.25. The number of amidine groups is 1. The molecule has 25 heavy (non-hydrogen) atoms. The van der Waals surface area contributed by atoms with Crippen LogP contribution >= 0.6 is 27.7 Å². The monoisotopic (exact) mass is 418 g/mol. The second-order valence-corrected chi connectivity index (χ2v) is 6.98. The molecule has 5 nitrogen and oxygen atoms in total. The van der Waals surface area contributed by atoms with E-state index in [0.29, 0.717) is 26.9 Å². The van der Waals surface area contributed by atoms with Gasteiger partial charge in [0.1, 0.15) is 0 Å². The molecule has 3 rings (SSSR count). The molecular formula is C18H15BrN2O3S. The number of halogens is 1. The molecule has 1 heterocycles. The summed E-state index contributed by atoms with van der Waals surface area (Å²) in [4.78, 5) is 17.1. The Morgan fingerprint density at radius 2 is 2.08 bits per heavy atom. The van der Waals surface area contributed by atoms with E-state index in [-0.39, 0.29) is 11.7 Å². The van der Waals surface area contributed by atoms with E-state index in [4.69, 9.17) is 4.74 Å². The van der Waals surface area contributed by atoms with Crippen molar-refractivity contribution >= 4 is 50.5 Å². The van der Waals surface area contributed by atoms with Gasteiger partial charge in [-0.15, -0.1) is 0 Å². The van der Waals surface area contributed by atoms with Gasteiger partial charge in [-0.05, 0) is 70.5 Å². The van der Waals surface area contributed by atoms with E-state index < -0.39 is 0 Å². The highest BCUT2D eigenvalue weighted by Gasteiger charge is 2.24. The summed E-state index contributed by atoms with van der Waals surface area (Å²) in [5.74, 6) is 0.200. The van der Waals surface area contributed by atoms with E-state index in [1.54, 1.807) is 18.2 Å². The fourth-order valence-corrected chi connectivity index (χ4v) is 3.50. The lowest BCUT2D eigenvalue weighted by Gasteiger charge is -2.08. The van der Waals surface area contributed by atoms with Crippen LogP contribution in [0.25, 0.3) is 6.08 Å². The molecule has 1 amide bonds. The maximum Gasteiger partial charge on any atom is 0.264 e. The van der Waals surface area contributed by atoms with Crippen LogP contribution in [0.15, 0.2) is 56.8 Å². The highest BCUT2D eigenvalue weighted by Crippen LogP contribution is 2.37. The number of phenols is 1. The minimum absolute atomic E-state index is 0.0406. The van der Waals surface area contributed by atoms with Crippen LogP contribution in [0.3, 0.4) is 0 Å². The maximum absolute atomic E-state index is 12.2. The van der Waals surface area contributed by atoms with E-state index in [0.717, 1.165) is 11.3 Å². The number of hydrogen-bond donors (Lipinski definition) is 2. The minimum atomic E-state index is -0.207. The Kier molecular flexibility index (Phi) is 5.45. The first-order valence-electron chi connectivity index (χ1n) is 7.56. The lowest BCUT2D eigenvalue weighted by atomic mass is 10.2. The first-order chi connectivity index (χ1) is 12.1. The molecule has 7 heteroatoms. The molecule has 1 saturated heterocycles. The Balaban J connectivity index is 1.87. The van der Waals surface area contributed by atoms with Crippen LogP contribution < -0.4 is 10.1 Å². The van der Waals surface area contributed by atoms with Crippen LogP contribution in [0.5, 0.6) is 11.5 Å². The van der Waals surface area contributed by atoms with Crippen molar-refractivity contribution in [3.63, 3.8) is 0 Å². The highest BCUT2D eigenvalue weighted by atomic mass is 79.9. The quantitative estimate of drug-likeness (QED) is 0.719. The van der Waals surface area contributed by atoms with Gasteiger partial charge in [-0.2, -0.15) is 0 Å². The van der Waals surface area contributed by atoms with Crippen molar-refractivity contribution < 1.29 is 14.6 Å². The van der Waals surface area contributed by atoms with Gasteiger partial charge >= 0.3 is 0 Å². The number of nitrogens with one attached hydrogen (secondary N) is 1. The lowest BCUT2D eigenvalue weighted by molar-refractivity contribution is -0.115. The van der Waals surface area contributed by atoms with Gasteiger partial charge < -0.3 is 15.2 Å². The van der Waals surface area contributed by atoms with Crippen LogP contribution in [0.4, 0.5) is 5.69 Å².